The molecule has 10 heteroatoms. The Morgan fingerprint density at radius 2 is 1.41 bits per heavy atom. The number of nitrogens with one attached hydrogen (secondary N) is 1. The number of carbonyl (C=O) groups excluding carboxylic acids is 4. The summed E-state index contributed by atoms with van der Waals surface area (Å²) in [5.41, 5.74) is 3.55. The first-order valence-electron chi connectivity index (χ1n) is 18.8. The molecule has 5 aromatic rings. The fraction of sp³-hybridized carbons (Fsp3) is 0.217. The third-order valence-electron chi connectivity index (χ3n) is 11.9. The van der Waals surface area contributed by atoms with Crippen molar-refractivity contribution < 1.29 is 29.0 Å². The molecule has 0 unspecified atom stereocenters. The van der Waals surface area contributed by atoms with Gasteiger partial charge >= 0.3 is 0 Å². The Hall–Kier alpha value is -6.03. The summed E-state index contributed by atoms with van der Waals surface area (Å²) in [5.74, 6) is -4.14. The van der Waals surface area contributed by atoms with Crippen LogP contribution in [0.15, 0.2) is 145 Å². The molecule has 0 bridgehead atoms. The number of aliphatic hydroxyl groups excluding tert-OH is 1. The second-order valence-corrected chi connectivity index (χ2v) is 15.2. The number of halogens is 1. The third kappa shape index (κ3) is 5.64. The van der Waals surface area contributed by atoms with Gasteiger partial charge in [-0.15, -0.1) is 0 Å². The maximum Gasteiger partial charge on any atom is 0.246 e. The minimum absolute atomic E-state index is 0.121. The summed E-state index contributed by atoms with van der Waals surface area (Å²) in [7, 11) is 0. The zero-order valence-electron chi connectivity index (χ0n) is 30.3. The number of carbonyl (C=O) groups is 4. The Morgan fingerprint density at radius 1 is 0.714 bits per heavy atom. The molecule has 0 aromatic heterocycles. The standard InChI is InChI=1S/C46H38ClN3O6/c47-30-10-7-13-34(26-30)50-43(53)39-27-38-36(41(28-14-20-35(21-15-28)56-25-24-51)46(39,45(50)55)29-8-3-1-4-9-29)22-23-37-40(38)44(54)49(42(37)52)33-18-16-32(17-19-33)48-31-11-5-2-6-12-31/h1-22,26,37-41,48,51H,23-25,27H2/t37-,38+,39-,40-,41-,46+/m0/s1. The number of aliphatic hydroxyl groups is 1. The summed E-state index contributed by atoms with van der Waals surface area (Å²) in [6, 6.07) is 40.5. The van der Waals surface area contributed by atoms with E-state index in [4.69, 9.17) is 16.3 Å². The molecular formula is C46H38ClN3O6. The van der Waals surface area contributed by atoms with Gasteiger partial charge in [-0.3, -0.25) is 24.1 Å². The van der Waals surface area contributed by atoms with Crippen LogP contribution in [0.5, 0.6) is 5.75 Å². The molecule has 2 N–H and O–H groups in total. The van der Waals surface area contributed by atoms with E-state index in [1.54, 1.807) is 48.5 Å². The van der Waals surface area contributed by atoms with E-state index in [1.807, 2.05) is 84.9 Å². The number of amides is 4. The number of para-hydroxylation sites is 1. The van der Waals surface area contributed by atoms with E-state index in [-0.39, 0.29) is 43.3 Å². The monoisotopic (exact) mass is 763 g/mol. The molecule has 2 aliphatic carbocycles. The van der Waals surface area contributed by atoms with Gasteiger partial charge < -0.3 is 15.2 Å². The van der Waals surface area contributed by atoms with Crippen LogP contribution in [0, 0.1) is 23.7 Å². The molecule has 9 nitrogen and oxygen atoms in total. The zero-order chi connectivity index (χ0) is 38.6. The Morgan fingerprint density at radius 3 is 2.11 bits per heavy atom. The van der Waals surface area contributed by atoms with Gasteiger partial charge in [0.15, 0.2) is 0 Å². The molecule has 6 atom stereocenters. The highest BCUT2D eigenvalue weighted by Crippen LogP contribution is 2.64. The van der Waals surface area contributed by atoms with Crippen molar-refractivity contribution in [3.8, 4) is 5.75 Å². The molecule has 2 saturated heterocycles. The van der Waals surface area contributed by atoms with Crippen molar-refractivity contribution in [2.45, 2.75) is 24.2 Å². The number of imide groups is 2. The maximum absolute atomic E-state index is 15.4. The van der Waals surface area contributed by atoms with E-state index < -0.39 is 35.0 Å². The van der Waals surface area contributed by atoms with Crippen LogP contribution in [0.25, 0.3) is 0 Å². The summed E-state index contributed by atoms with van der Waals surface area (Å²) in [6.07, 6.45) is 2.56. The Bertz CT molecular complexity index is 2370. The van der Waals surface area contributed by atoms with Crippen LogP contribution in [-0.2, 0) is 24.6 Å². The molecule has 280 valence electrons. The van der Waals surface area contributed by atoms with Gasteiger partial charge in [-0.1, -0.05) is 90.0 Å². The second-order valence-electron chi connectivity index (χ2n) is 14.8. The largest absolute Gasteiger partial charge is 0.491 e. The predicted molar refractivity (Wildman–Crippen MR) is 214 cm³/mol. The van der Waals surface area contributed by atoms with Gasteiger partial charge in [0.2, 0.25) is 23.6 Å². The highest BCUT2D eigenvalue weighted by Gasteiger charge is 2.70. The van der Waals surface area contributed by atoms with Crippen molar-refractivity contribution in [2.24, 2.45) is 23.7 Å². The highest BCUT2D eigenvalue weighted by atomic mass is 35.5. The van der Waals surface area contributed by atoms with E-state index in [2.05, 4.69) is 11.4 Å². The smallest absolute Gasteiger partial charge is 0.246 e. The maximum atomic E-state index is 15.4. The van der Waals surface area contributed by atoms with E-state index in [9.17, 15) is 19.5 Å². The number of nitrogens with zero attached hydrogens (tertiary/aromatic N) is 2. The molecule has 4 amide bonds. The Balaban J connectivity index is 1.15. The Labute approximate surface area is 329 Å². The van der Waals surface area contributed by atoms with E-state index >= 15 is 4.79 Å². The van der Waals surface area contributed by atoms with Gasteiger partial charge in [-0.25, -0.2) is 4.90 Å². The normalized spacial score (nSPS) is 25.4. The molecule has 5 aromatic carbocycles. The lowest BCUT2D eigenvalue weighted by molar-refractivity contribution is -0.127. The topological polar surface area (TPSA) is 116 Å². The van der Waals surface area contributed by atoms with Crippen LogP contribution in [0.3, 0.4) is 0 Å². The number of hydrogen-bond donors (Lipinski definition) is 2. The SMILES string of the molecule is O=C1[C@H]2[C@H](CC=C3[C@H]2C[C@H]2C(=O)N(c4cccc(Cl)c4)C(=O)[C@@]2(c2ccccc2)[C@H]3c2ccc(OCCO)cc2)C(=O)N1c1ccc(Nc2ccccc2)cc1. The average Bonchev–Trinajstić information content (AvgIpc) is 3.62. The first-order valence-corrected chi connectivity index (χ1v) is 19.2. The fourth-order valence-electron chi connectivity index (χ4n) is 9.68. The number of allylic oxidation sites excluding steroid dienone is 2. The van der Waals surface area contributed by atoms with Crippen molar-refractivity contribution in [3.63, 3.8) is 0 Å². The molecule has 9 rings (SSSR count). The molecule has 2 aliphatic heterocycles. The molecule has 56 heavy (non-hydrogen) atoms. The van der Waals surface area contributed by atoms with Gasteiger partial charge in [0.05, 0.1) is 41.2 Å². The summed E-state index contributed by atoms with van der Waals surface area (Å²) < 4.78 is 5.70. The number of benzene rings is 5. The molecule has 2 heterocycles. The van der Waals surface area contributed by atoms with Crippen LogP contribution >= 0.6 is 11.6 Å². The number of rotatable bonds is 9. The van der Waals surface area contributed by atoms with Gasteiger partial charge in [0.1, 0.15) is 12.4 Å². The zero-order valence-corrected chi connectivity index (χ0v) is 31.0. The third-order valence-corrected chi connectivity index (χ3v) is 12.2. The number of fused-ring (bicyclic) bond motifs is 4. The highest BCUT2D eigenvalue weighted by molar-refractivity contribution is 6.32. The lowest BCUT2D eigenvalue weighted by atomic mass is 9.49. The van der Waals surface area contributed by atoms with Gasteiger partial charge in [-0.2, -0.15) is 0 Å². The molecule has 0 radical (unpaired) electrons. The lowest BCUT2D eigenvalue weighted by Crippen LogP contribution is -2.53. The molecule has 4 aliphatic rings. The molecular weight excluding hydrogens is 726 g/mol. The summed E-state index contributed by atoms with van der Waals surface area (Å²) >= 11 is 6.43. The summed E-state index contributed by atoms with van der Waals surface area (Å²) in [4.78, 5) is 62.0. The predicted octanol–water partition coefficient (Wildman–Crippen LogP) is 7.82. The number of ether oxygens (including phenoxy) is 1. The minimum atomic E-state index is -1.38. The molecule has 3 fully saturated rings. The Kier molecular flexibility index (Phi) is 9.06. The van der Waals surface area contributed by atoms with Gasteiger partial charge in [0, 0.05) is 22.3 Å². The molecule has 1 saturated carbocycles. The van der Waals surface area contributed by atoms with Crippen molar-refractivity contribution in [1.82, 2.24) is 0 Å². The average molecular weight is 764 g/mol. The van der Waals surface area contributed by atoms with Crippen molar-refractivity contribution in [2.75, 3.05) is 28.3 Å². The van der Waals surface area contributed by atoms with E-state index in [1.165, 1.54) is 9.80 Å². The minimum Gasteiger partial charge on any atom is -0.491 e. The van der Waals surface area contributed by atoms with E-state index in [0.29, 0.717) is 34.1 Å². The second kappa shape index (κ2) is 14.2. The van der Waals surface area contributed by atoms with Crippen LogP contribution in [0.1, 0.15) is 29.9 Å². The van der Waals surface area contributed by atoms with Crippen molar-refractivity contribution in [1.29, 1.82) is 0 Å². The van der Waals surface area contributed by atoms with Gasteiger partial charge in [0.25, 0.3) is 0 Å². The van der Waals surface area contributed by atoms with Crippen LogP contribution in [0.2, 0.25) is 5.02 Å². The summed E-state index contributed by atoms with van der Waals surface area (Å²) in [6.45, 7) is -0.0235. The molecule has 0 spiro atoms. The first kappa shape index (κ1) is 35.7. The van der Waals surface area contributed by atoms with E-state index in [0.717, 1.165) is 22.5 Å². The summed E-state index contributed by atoms with van der Waals surface area (Å²) in [5, 5.41) is 13.1. The fourth-order valence-corrected chi connectivity index (χ4v) is 9.86. The number of anilines is 4. The van der Waals surface area contributed by atoms with Crippen LogP contribution in [-0.4, -0.2) is 41.9 Å². The number of hydrogen-bond acceptors (Lipinski definition) is 7. The van der Waals surface area contributed by atoms with Crippen LogP contribution in [0.4, 0.5) is 22.7 Å². The van der Waals surface area contributed by atoms with Gasteiger partial charge in [-0.05, 0) is 96.6 Å². The van der Waals surface area contributed by atoms with Crippen molar-refractivity contribution in [3.05, 3.63) is 161 Å². The van der Waals surface area contributed by atoms with Crippen molar-refractivity contribution >= 4 is 58.0 Å². The first-order chi connectivity index (χ1) is 27.3. The van der Waals surface area contributed by atoms with Crippen LogP contribution < -0.4 is 19.9 Å². The lowest BCUT2D eigenvalue weighted by Gasteiger charge is -2.50. The quantitative estimate of drug-likeness (QED) is 0.116.